The Kier molecular flexibility index (Phi) is 4.94. The van der Waals surface area contributed by atoms with E-state index in [1.807, 2.05) is 17.5 Å². The molecule has 3 aromatic rings. The third kappa shape index (κ3) is 3.46. The molecule has 3 heterocycles. The number of fused-ring (bicyclic) bond motifs is 1. The van der Waals surface area contributed by atoms with Gasteiger partial charge < -0.3 is 5.32 Å². The fourth-order valence-corrected chi connectivity index (χ4v) is 3.61. The van der Waals surface area contributed by atoms with Gasteiger partial charge in [0.1, 0.15) is 0 Å². The Balaban J connectivity index is 1.89. The third-order valence-corrected chi connectivity index (χ3v) is 5.09. The van der Waals surface area contributed by atoms with Crippen LogP contribution in [0.15, 0.2) is 29.8 Å². The number of rotatable bonds is 6. The van der Waals surface area contributed by atoms with Gasteiger partial charge in [0.05, 0.1) is 17.3 Å². The van der Waals surface area contributed by atoms with Crippen molar-refractivity contribution >= 4 is 28.7 Å². The van der Waals surface area contributed by atoms with Gasteiger partial charge in [-0.3, -0.25) is 9.59 Å². The van der Waals surface area contributed by atoms with Gasteiger partial charge in [-0.1, -0.05) is 19.4 Å². The predicted octanol–water partition coefficient (Wildman–Crippen LogP) is 3.57. The second kappa shape index (κ2) is 7.14. The molecule has 3 aromatic heterocycles. The van der Waals surface area contributed by atoms with Gasteiger partial charge in [0.15, 0.2) is 17.1 Å². The SMILES string of the molecule is CCC[C@@H](NC(=O)c1cc2ncc(C(C)=O)c(C)n2n1)c1cccs1. The van der Waals surface area contributed by atoms with Crippen LogP contribution in [-0.4, -0.2) is 26.3 Å². The van der Waals surface area contributed by atoms with Crippen molar-refractivity contribution in [2.24, 2.45) is 0 Å². The van der Waals surface area contributed by atoms with E-state index >= 15 is 0 Å². The Bertz CT molecular complexity index is 915. The van der Waals surface area contributed by atoms with Gasteiger partial charge in [0.25, 0.3) is 5.91 Å². The van der Waals surface area contributed by atoms with Crippen molar-refractivity contribution in [3.63, 3.8) is 0 Å². The van der Waals surface area contributed by atoms with Gasteiger partial charge in [-0.25, -0.2) is 9.50 Å². The number of carbonyl (C=O) groups excluding carboxylic acids is 2. The highest BCUT2D eigenvalue weighted by Gasteiger charge is 2.19. The van der Waals surface area contributed by atoms with Crippen molar-refractivity contribution in [2.45, 2.75) is 39.7 Å². The van der Waals surface area contributed by atoms with Crippen molar-refractivity contribution in [3.8, 4) is 0 Å². The number of aromatic nitrogens is 3. The molecule has 0 saturated heterocycles. The Hall–Kier alpha value is -2.54. The van der Waals surface area contributed by atoms with Crippen LogP contribution in [0.4, 0.5) is 0 Å². The average Bonchev–Trinajstić information content (AvgIpc) is 3.24. The Morgan fingerprint density at radius 1 is 1.40 bits per heavy atom. The molecular weight excluding hydrogens is 336 g/mol. The van der Waals surface area contributed by atoms with E-state index < -0.39 is 0 Å². The van der Waals surface area contributed by atoms with Gasteiger partial charge in [-0.05, 0) is 31.7 Å². The van der Waals surface area contributed by atoms with Gasteiger partial charge in [-0.15, -0.1) is 11.3 Å². The molecule has 0 bridgehead atoms. The monoisotopic (exact) mass is 356 g/mol. The molecule has 0 fully saturated rings. The molecule has 0 radical (unpaired) electrons. The summed E-state index contributed by atoms with van der Waals surface area (Å²) >= 11 is 1.63. The van der Waals surface area contributed by atoms with E-state index in [-0.39, 0.29) is 17.7 Å². The van der Waals surface area contributed by atoms with Gasteiger partial charge in [-0.2, -0.15) is 5.10 Å². The lowest BCUT2D eigenvalue weighted by Gasteiger charge is -2.15. The van der Waals surface area contributed by atoms with Crippen LogP contribution in [0.5, 0.6) is 0 Å². The molecule has 0 aliphatic heterocycles. The van der Waals surface area contributed by atoms with Crippen LogP contribution in [0.3, 0.4) is 0 Å². The number of nitrogens with one attached hydrogen (secondary N) is 1. The molecule has 0 aliphatic rings. The minimum Gasteiger partial charge on any atom is -0.343 e. The Morgan fingerprint density at radius 2 is 2.20 bits per heavy atom. The van der Waals surface area contributed by atoms with E-state index in [0.717, 1.165) is 17.7 Å². The van der Waals surface area contributed by atoms with Crippen molar-refractivity contribution in [2.75, 3.05) is 0 Å². The number of thiophene rings is 1. The quantitative estimate of drug-likeness (QED) is 0.685. The highest BCUT2D eigenvalue weighted by Crippen LogP contribution is 2.23. The molecule has 0 unspecified atom stereocenters. The maximum Gasteiger partial charge on any atom is 0.272 e. The number of hydrogen-bond acceptors (Lipinski definition) is 5. The summed E-state index contributed by atoms with van der Waals surface area (Å²) in [6, 6.07) is 5.63. The van der Waals surface area contributed by atoms with Crippen LogP contribution in [0.2, 0.25) is 0 Å². The molecule has 130 valence electrons. The second-order valence-electron chi connectivity index (χ2n) is 5.94. The van der Waals surface area contributed by atoms with E-state index in [0.29, 0.717) is 22.6 Å². The summed E-state index contributed by atoms with van der Waals surface area (Å²) in [6.07, 6.45) is 3.37. The fraction of sp³-hybridized carbons (Fsp3) is 0.333. The minimum absolute atomic E-state index is 0.0239. The summed E-state index contributed by atoms with van der Waals surface area (Å²) in [5.41, 5.74) is 2.04. The average molecular weight is 356 g/mol. The summed E-state index contributed by atoms with van der Waals surface area (Å²) in [7, 11) is 0. The first-order valence-corrected chi connectivity index (χ1v) is 9.09. The molecule has 0 aromatic carbocycles. The van der Waals surface area contributed by atoms with Crippen molar-refractivity contribution < 1.29 is 9.59 Å². The molecule has 1 N–H and O–H groups in total. The first-order chi connectivity index (χ1) is 12.0. The largest absolute Gasteiger partial charge is 0.343 e. The lowest BCUT2D eigenvalue weighted by atomic mass is 10.1. The zero-order chi connectivity index (χ0) is 18.0. The summed E-state index contributed by atoms with van der Waals surface area (Å²) in [4.78, 5) is 29.7. The van der Waals surface area contributed by atoms with Gasteiger partial charge in [0.2, 0.25) is 0 Å². The number of ketones is 1. The maximum atomic E-state index is 12.6. The van der Waals surface area contributed by atoms with Crippen LogP contribution in [0.1, 0.15) is 64.1 Å². The molecule has 0 aliphatic carbocycles. The maximum absolute atomic E-state index is 12.6. The predicted molar refractivity (Wildman–Crippen MR) is 97.2 cm³/mol. The zero-order valence-electron chi connectivity index (χ0n) is 14.4. The fourth-order valence-electron chi connectivity index (χ4n) is 2.80. The number of hydrogen-bond donors (Lipinski definition) is 1. The lowest BCUT2D eigenvalue weighted by molar-refractivity contribution is 0.0929. The highest BCUT2D eigenvalue weighted by atomic mass is 32.1. The first-order valence-electron chi connectivity index (χ1n) is 8.21. The summed E-state index contributed by atoms with van der Waals surface area (Å²) < 4.78 is 1.55. The molecule has 0 spiro atoms. The summed E-state index contributed by atoms with van der Waals surface area (Å²) in [6.45, 7) is 5.38. The number of amides is 1. The van der Waals surface area contributed by atoms with E-state index in [1.165, 1.54) is 13.1 Å². The van der Waals surface area contributed by atoms with E-state index in [1.54, 1.807) is 28.8 Å². The van der Waals surface area contributed by atoms with Crippen LogP contribution >= 0.6 is 11.3 Å². The van der Waals surface area contributed by atoms with Crippen molar-refractivity contribution in [3.05, 3.63) is 51.6 Å². The normalized spacial score (nSPS) is 12.3. The molecule has 3 rings (SSSR count). The van der Waals surface area contributed by atoms with Gasteiger partial charge >= 0.3 is 0 Å². The zero-order valence-corrected chi connectivity index (χ0v) is 15.3. The Labute approximate surface area is 149 Å². The number of aryl methyl sites for hydroxylation is 1. The van der Waals surface area contributed by atoms with Crippen molar-refractivity contribution in [1.29, 1.82) is 0 Å². The van der Waals surface area contributed by atoms with E-state index in [4.69, 9.17) is 0 Å². The smallest absolute Gasteiger partial charge is 0.272 e. The summed E-state index contributed by atoms with van der Waals surface area (Å²) in [5, 5.41) is 9.40. The number of Topliss-reactive ketones (excluding diaryl/α,β-unsaturated/α-hetero) is 1. The van der Waals surface area contributed by atoms with Crippen LogP contribution < -0.4 is 5.32 Å². The lowest BCUT2D eigenvalue weighted by Crippen LogP contribution is -2.28. The van der Waals surface area contributed by atoms with Crippen LogP contribution in [0, 0.1) is 6.92 Å². The van der Waals surface area contributed by atoms with E-state index in [9.17, 15) is 9.59 Å². The number of nitrogens with zero attached hydrogens (tertiary/aromatic N) is 3. The molecule has 7 heteroatoms. The molecule has 0 saturated carbocycles. The highest BCUT2D eigenvalue weighted by molar-refractivity contribution is 7.10. The van der Waals surface area contributed by atoms with Crippen LogP contribution in [-0.2, 0) is 0 Å². The van der Waals surface area contributed by atoms with Gasteiger partial charge in [0, 0.05) is 17.1 Å². The molecule has 1 atom stereocenters. The topological polar surface area (TPSA) is 76.4 Å². The van der Waals surface area contributed by atoms with Crippen molar-refractivity contribution in [1.82, 2.24) is 19.9 Å². The molecular formula is C18H20N4O2S. The minimum atomic E-state index is -0.235. The standard InChI is InChI=1S/C18H20N4O2S/c1-4-6-14(16-7-5-8-25-16)20-18(24)15-9-17-19-10-13(12(3)23)11(2)22(17)21-15/h5,7-10,14H,4,6H2,1-3H3,(H,20,24)/t14-/m1/s1. The Morgan fingerprint density at radius 3 is 2.84 bits per heavy atom. The molecule has 1 amide bonds. The summed E-state index contributed by atoms with van der Waals surface area (Å²) in [5.74, 6) is -0.310. The first kappa shape index (κ1) is 17.3. The third-order valence-electron chi connectivity index (χ3n) is 4.11. The molecule has 25 heavy (non-hydrogen) atoms. The molecule has 6 nitrogen and oxygen atoms in total. The second-order valence-corrected chi connectivity index (χ2v) is 6.92. The van der Waals surface area contributed by atoms with E-state index in [2.05, 4.69) is 22.3 Å². The number of carbonyl (C=O) groups is 2. The van der Waals surface area contributed by atoms with Crippen LogP contribution in [0.25, 0.3) is 5.65 Å².